The topological polar surface area (TPSA) is 67.9 Å². The van der Waals surface area contributed by atoms with Gasteiger partial charge in [-0.05, 0) is 42.3 Å². The van der Waals surface area contributed by atoms with Crippen LogP contribution < -0.4 is 14.8 Å². The van der Waals surface area contributed by atoms with Crippen LogP contribution in [-0.2, 0) is 16.1 Å². The molecule has 3 aromatic carbocycles. The van der Waals surface area contributed by atoms with Crippen LogP contribution in [0.1, 0.15) is 31.0 Å². The minimum Gasteiger partial charge on any atom is -0.493 e. The van der Waals surface area contributed by atoms with Gasteiger partial charge in [-0.15, -0.1) is 0 Å². The number of carbonyl (C=O) groups excluding carboxylic acids is 2. The molecule has 0 radical (unpaired) electrons. The Bertz CT molecular complexity index is 1270. The standard InChI is InChI=1S/C27H25BrF2N2O4/c1-15(2)24-27(34)32(14-19-20(29)10-7-11-21(19)30)23(26(33)31-17-8-5-4-6-9-17)18-12-16(28)13-22(35-3)25(18)36-24/h4-13,15,23-24H,14H2,1-3H3,(H,31,33). The predicted molar refractivity (Wildman–Crippen MR) is 135 cm³/mol. The number of nitrogens with one attached hydrogen (secondary N) is 1. The zero-order chi connectivity index (χ0) is 26.0. The number of para-hydroxylation sites is 1. The number of amides is 2. The molecule has 4 rings (SSSR count). The Morgan fingerprint density at radius 1 is 1.11 bits per heavy atom. The van der Waals surface area contributed by atoms with Crippen LogP contribution in [-0.4, -0.2) is 29.9 Å². The maximum atomic E-state index is 14.7. The first-order chi connectivity index (χ1) is 17.2. The van der Waals surface area contributed by atoms with Crippen molar-refractivity contribution < 1.29 is 27.8 Å². The van der Waals surface area contributed by atoms with Crippen LogP contribution in [0.4, 0.5) is 14.5 Å². The Morgan fingerprint density at radius 2 is 1.78 bits per heavy atom. The molecule has 0 saturated heterocycles. The lowest BCUT2D eigenvalue weighted by molar-refractivity contribution is -0.146. The minimum absolute atomic E-state index is 0.220. The van der Waals surface area contributed by atoms with Crippen LogP contribution in [0.15, 0.2) is 65.1 Å². The summed E-state index contributed by atoms with van der Waals surface area (Å²) >= 11 is 3.43. The molecule has 0 aromatic heterocycles. The zero-order valence-electron chi connectivity index (χ0n) is 19.9. The van der Waals surface area contributed by atoms with Gasteiger partial charge >= 0.3 is 0 Å². The zero-order valence-corrected chi connectivity index (χ0v) is 21.5. The number of fused-ring (bicyclic) bond motifs is 1. The molecule has 1 heterocycles. The number of hydrogen-bond donors (Lipinski definition) is 1. The Labute approximate surface area is 216 Å². The minimum atomic E-state index is -1.28. The second-order valence-electron chi connectivity index (χ2n) is 8.73. The highest BCUT2D eigenvalue weighted by Gasteiger charge is 2.43. The van der Waals surface area contributed by atoms with E-state index >= 15 is 0 Å². The Hall–Kier alpha value is -3.46. The quantitative estimate of drug-likeness (QED) is 0.411. The fraction of sp³-hybridized carbons (Fsp3) is 0.259. The number of ether oxygens (including phenoxy) is 2. The summed E-state index contributed by atoms with van der Waals surface area (Å²) in [5.41, 5.74) is 0.500. The van der Waals surface area contributed by atoms with Crippen LogP contribution in [0, 0.1) is 17.6 Å². The van der Waals surface area contributed by atoms with E-state index in [2.05, 4.69) is 21.2 Å². The largest absolute Gasteiger partial charge is 0.493 e. The lowest BCUT2D eigenvalue weighted by Crippen LogP contribution is -2.46. The number of anilines is 1. The fourth-order valence-corrected chi connectivity index (χ4v) is 4.62. The number of carbonyl (C=O) groups is 2. The predicted octanol–water partition coefficient (Wildman–Crippen LogP) is 5.86. The van der Waals surface area contributed by atoms with E-state index in [9.17, 15) is 18.4 Å². The van der Waals surface area contributed by atoms with E-state index in [1.807, 2.05) is 0 Å². The number of methoxy groups -OCH3 is 1. The van der Waals surface area contributed by atoms with E-state index in [0.29, 0.717) is 21.5 Å². The molecule has 36 heavy (non-hydrogen) atoms. The average molecular weight is 559 g/mol. The molecule has 0 bridgehead atoms. The molecule has 0 aliphatic carbocycles. The summed E-state index contributed by atoms with van der Waals surface area (Å²) in [5, 5.41) is 2.81. The number of rotatable bonds is 6. The van der Waals surface area contributed by atoms with E-state index < -0.39 is 42.1 Å². The summed E-state index contributed by atoms with van der Waals surface area (Å²) in [6.45, 7) is 3.10. The normalized spacial score (nSPS) is 17.3. The average Bonchev–Trinajstić information content (AvgIpc) is 2.96. The third-order valence-corrected chi connectivity index (χ3v) is 6.39. The molecule has 1 N–H and O–H groups in total. The molecule has 0 fully saturated rings. The Kier molecular flexibility index (Phi) is 7.59. The van der Waals surface area contributed by atoms with Crippen molar-refractivity contribution in [1.82, 2.24) is 4.90 Å². The molecular formula is C27H25BrF2N2O4. The molecule has 2 amide bonds. The van der Waals surface area contributed by atoms with Crippen molar-refractivity contribution >= 4 is 33.4 Å². The van der Waals surface area contributed by atoms with Crippen LogP contribution in [0.25, 0.3) is 0 Å². The van der Waals surface area contributed by atoms with E-state index in [-0.39, 0.29) is 17.2 Å². The maximum absolute atomic E-state index is 14.7. The van der Waals surface area contributed by atoms with Crippen molar-refractivity contribution in [3.05, 3.63) is 87.9 Å². The van der Waals surface area contributed by atoms with Gasteiger partial charge in [0.05, 0.1) is 13.7 Å². The molecule has 1 aliphatic rings. The first-order valence-corrected chi connectivity index (χ1v) is 12.1. The fourth-order valence-electron chi connectivity index (χ4n) is 4.16. The van der Waals surface area contributed by atoms with E-state index in [1.165, 1.54) is 18.1 Å². The molecule has 2 unspecified atom stereocenters. The van der Waals surface area contributed by atoms with Gasteiger partial charge in [-0.2, -0.15) is 0 Å². The van der Waals surface area contributed by atoms with Crippen molar-refractivity contribution in [3.63, 3.8) is 0 Å². The number of hydrogen-bond acceptors (Lipinski definition) is 4. The first-order valence-electron chi connectivity index (χ1n) is 11.3. The summed E-state index contributed by atoms with van der Waals surface area (Å²) in [4.78, 5) is 28.8. The van der Waals surface area contributed by atoms with Gasteiger partial charge in [0.2, 0.25) is 0 Å². The molecule has 1 aliphatic heterocycles. The van der Waals surface area contributed by atoms with Crippen molar-refractivity contribution in [2.24, 2.45) is 5.92 Å². The molecule has 6 nitrogen and oxygen atoms in total. The SMILES string of the molecule is COc1cc(Br)cc2c1OC(C(C)C)C(=O)N(Cc1c(F)cccc1F)C2C(=O)Nc1ccccc1. The van der Waals surface area contributed by atoms with E-state index in [0.717, 1.165) is 12.1 Å². The summed E-state index contributed by atoms with van der Waals surface area (Å²) < 4.78 is 41.7. The van der Waals surface area contributed by atoms with Crippen molar-refractivity contribution in [3.8, 4) is 11.5 Å². The smallest absolute Gasteiger partial charge is 0.265 e. The Balaban J connectivity index is 1.92. The van der Waals surface area contributed by atoms with Gasteiger partial charge in [0.25, 0.3) is 11.8 Å². The van der Waals surface area contributed by atoms with E-state index in [1.54, 1.807) is 56.3 Å². The molecular weight excluding hydrogens is 534 g/mol. The van der Waals surface area contributed by atoms with E-state index in [4.69, 9.17) is 9.47 Å². The van der Waals surface area contributed by atoms with Crippen molar-refractivity contribution in [1.29, 1.82) is 0 Å². The van der Waals surface area contributed by atoms with Crippen LogP contribution in [0.2, 0.25) is 0 Å². The van der Waals surface area contributed by atoms with Gasteiger partial charge in [-0.1, -0.05) is 54.0 Å². The molecule has 0 saturated carbocycles. The number of halogens is 3. The van der Waals surface area contributed by atoms with Gasteiger partial charge in [-0.25, -0.2) is 8.78 Å². The third kappa shape index (κ3) is 5.06. The summed E-state index contributed by atoms with van der Waals surface area (Å²) in [7, 11) is 1.45. The van der Waals surface area contributed by atoms with Crippen LogP contribution in [0.5, 0.6) is 11.5 Å². The summed E-state index contributed by atoms with van der Waals surface area (Å²) in [6.07, 6.45) is -1.02. The van der Waals surface area contributed by atoms with Crippen LogP contribution >= 0.6 is 15.9 Å². The lowest BCUT2D eigenvalue weighted by Gasteiger charge is -2.31. The number of benzene rings is 3. The van der Waals surface area contributed by atoms with Crippen LogP contribution in [0.3, 0.4) is 0 Å². The third-order valence-electron chi connectivity index (χ3n) is 5.93. The molecule has 9 heteroatoms. The summed E-state index contributed by atoms with van der Waals surface area (Å²) in [5.74, 6) is -2.56. The molecule has 2 atom stereocenters. The molecule has 0 spiro atoms. The van der Waals surface area contributed by atoms with Crippen molar-refractivity contribution in [2.75, 3.05) is 12.4 Å². The van der Waals surface area contributed by atoms with Gasteiger partial charge in [0.15, 0.2) is 17.6 Å². The van der Waals surface area contributed by atoms with Gasteiger partial charge in [0.1, 0.15) is 17.7 Å². The van der Waals surface area contributed by atoms with Gasteiger partial charge in [-0.3, -0.25) is 9.59 Å². The molecule has 3 aromatic rings. The maximum Gasteiger partial charge on any atom is 0.265 e. The highest BCUT2D eigenvalue weighted by atomic mass is 79.9. The van der Waals surface area contributed by atoms with Gasteiger partial charge in [0, 0.05) is 21.3 Å². The number of nitrogens with zero attached hydrogens (tertiary/aromatic N) is 1. The summed E-state index contributed by atoms with van der Waals surface area (Å²) in [6, 6.07) is 14.2. The second-order valence-corrected chi connectivity index (χ2v) is 9.65. The van der Waals surface area contributed by atoms with Gasteiger partial charge < -0.3 is 19.7 Å². The highest BCUT2D eigenvalue weighted by Crippen LogP contribution is 2.44. The Morgan fingerprint density at radius 3 is 2.39 bits per heavy atom. The lowest BCUT2D eigenvalue weighted by atomic mass is 10.00. The molecule has 188 valence electrons. The second kappa shape index (κ2) is 10.7. The monoisotopic (exact) mass is 558 g/mol. The first kappa shape index (κ1) is 25.6. The van der Waals surface area contributed by atoms with Crippen molar-refractivity contribution in [2.45, 2.75) is 32.5 Å². The highest BCUT2D eigenvalue weighted by molar-refractivity contribution is 9.10.